The molecule has 4 rings (SSSR count). The second-order valence-electron chi connectivity index (χ2n) is 7.47. The first-order chi connectivity index (χ1) is 13.1. The predicted molar refractivity (Wildman–Crippen MR) is 106 cm³/mol. The van der Waals surface area contributed by atoms with Crippen LogP contribution in [0.2, 0.25) is 0 Å². The van der Waals surface area contributed by atoms with E-state index in [2.05, 4.69) is 33.2 Å². The Bertz CT molecular complexity index is 911. The van der Waals surface area contributed by atoms with Crippen LogP contribution in [0, 0.1) is 19.8 Å². The molecule has 1 aliphatic rings. The van der Waals surface area contributed by atoms with Crippen LogP contribution in [0.25, 0.3) is 5.69 Å². The molecular formula is C22H26N4O. The molecule has 2 aromatic heterocycles. The summed E-state index contributed by atoms with van der Waals surface area (Å²) in [7, 11) is 0. The molecule has 1 atom stereocenters. The van der Waals surface area contributed by atoms with Crippen LogP contribution in [0.1, 0.15) is 34.6 Å². The predicted octanol–water partition coefficient (Wildman–Crippen LogP) is 3.84. The van der Waals surface area contributed by atoms with E-state index >= 15 is 0 Å². The van der Waals surface area contributed by atoms with Crippen LogP contribution in [-0.4, -0.2) is 38.0 Å². The maximum absolute atomic E-state index is 13.3. The second kappa shape index (κ2) is 7.43. The van der Waals surface area contributed by atoms with E-state index in [1.165, 1.54) is 0 Å². The molecule has 5 nitrogen and oxygen atoms in total. The normalized spacial score (nSPS) is 17.3. The third-order valence-corrected chi connectivity index (χ3v) is 5.51. The van der Waals surface area contributed by atoms with Crippen molar-refractivity contribution in [2.75, 3.05) is 13.1 Å². The van der Waals surface area contributed by atoms with E-state index in [0.29, 0.717) is 5.92 Å². The number of para-hydroxylation sites is 1. The van der Waals surface area contributed by atoms with Crippen molar-refractivity contribution in [2.45, 2.75) is 33.2 Å². The molecule has 1 aliphatic heterocycles. The molecule has 1 amide bonds. The zero-order valence-electron chi connectivity index (χ0n) is 16.0. The topological polar surface area (TPSA) is 43.1 Å². The van der Waals surface area contributed by atoms with Crippen LogP contribution in [0.4, 0.5) is 0 Å². The zero-order chi connectivity index (χ0) is 18.8. The highest BCUT2D eigenvalue weighted by Gasteiger charge is 2.27. The van der Waals surface area contributed by atoms with Crippen molar-refractivity contribution in [3.8, 4) is 5.69 Å². The van der Waals surface area contributed by atoms with E-state index in [9.17, 15) is 4.79 Å². The molecule has 0 spiro atoms. The second-order valence-corrected chi connectivity index (χ2v) is 7.47. The van der Waals surface area contributed by atoms with Crippen LogP contribution in [0.5, 0.6) is 0 Å². The van der Waals surface area contributed by atoms with Gasteiger partial charge in [0.2, 0.25) is 0 Å². The molecule has 0 aliphatic carbocycles. The highest BCUT2D eigenvalue weighted by atomic mass is 16.2. The molecule has 0 unspecified atom stereocenters. The Morgan fingerprint density at radius 3 is 2.78 bits per heavy atom. The molecule has 3 aromatic rings. The lowest BCUT2D eigenvalue weighted by atomic mass is 9.97. The summed E-state index contributed by atoms with van der Waals surface area (Å²) in [5, 5.41) is 0. The Balaban J connectivity index is 1.54. The van der Waals surface area contributed by atoms with Gasteiger partial charge in [0.15, 0.2) is 0 Å². The fourth-order valence-electron chi connectivity index (χ4n) is 4.22. The third-order valence-electron chi connectivity index (χ3n) is 5.51. The van der Waals surface area contributed by atoms with E-state index in [1.807, 2.05) is 54.8 Å². The van der Waals surface area contributed by atoms with Crippen LogP contribution < -0.4 is 0 Å². The number of hydrogen-bond acceptors (Lipinski definition) is 2. The highest BCUT2D eigenvalue weighted by molar-refractivity contribution is 5.96. The van der Waals surface area contributed by atoms with Crippen LogP contribution in [-0.2, 0) is 6.54 Å². The molecule has 0 radical (unpaired) electrons. The summed E-state index contributed by atoms with van der Waals surface area (Å²) in [5.41, 5.74) is 4.03. The van der Waals surface area contributed by atoms with Crippen molar-refractivity contribution < 1.29 is 4.79 Å². The number of carbonyl (C=O) groups excluding carboxylic acids is 1. The van der Waals surface area contributed by atoms with Crippen LogP contribution >= 0.6 is 0 Å². The molecule has 140 valence electrons. The molecule has 0 saturated carbocycles. The third kappa shape index (κ3) is 3.54. The van der Waals surface area contributed by atoms with Gasteiger partial charge in [-0.15, -0.1) is 0 Å². The van der Waals surface area contributed by atoms with Crippen LogP contribution in [0.3, 0.4) is 0 Å². The smallest absolute Gasteiger partial charge is 0.255 e. The van der Waals surface area contributed by atoms with E-state index in [-0.39, 0.29) is 5.91 Å². The van der Waals surface area contributed by atoms with Gasteiger partial charge < -0.3 is 14.0 Å². The minimum atomic E-state index is 0.153. The molecule has 3 heterocycles. The van der Waals surface area contributed by atoms with E-state index < -0.39 is 0 Å². The lowest BCUT2D eigenvalue weighted by Crippen LogP contribution is -2.41. The number of likely N-dealkylation sites (tertiary alicyclic amines) is 1. The standard InChI is InChI=1S/C22H26N4O/c1-17-13-21(18(2)26(17)20-8-4-3-5-9-20)22(27)25-11-6-7-19(15-25)14-24-12-10-23-16-24/h3-5,8-10,12-13,16,19H,6-7,11,14-15H2,1-2H3/t19-/m0/s1. The Morgan fingerprint density at radius 2 is 2.04 bits per heavy atom. The fourth-order valence-corrected chi connectivity index (χ4v) is 4.22. The first kappa shape index (κ1) is 17.6. The molecule has 0 N–H and O–H groups in total. The van der Waals surface area contributed by atoms with Crippen molar-refractivity contribution in [2.24, 2.45) is 5.92 Å². The Hall–Kier alpha value is -2.82. The number of amides is 1. The average molecular weight is 362 g/mol. The monoisotopic (exact) mass is 362 g/mol. The Kier molecular flexibility index (Phi) is 4.84. The largest absolute Gasteiger partial charge is 0.338 e. The maximum atomic E-state index is 13.3. The van der Waals surface area contributed by atoms with E-state index in [0.717, 1.165) is 55.1 Å². The molecule has 1 fully saturated rings. The van der Waals surface area contributed by atoms with Gasteiger partial charge in [-0.05, 0) is 50.8 Å². The highest BCUT2D eigenvalue weighted by Crippen LogP contribution is 2.25. The minimum Gasteiger partial charge on any atom is -0.338 e. The lowest BCUT2D eigenvalue weighted by molar-refractivity contribution is 0.0661. The molecule has 27 heavy (non-hydrogen) atoms. The fraction of sp³-hybridized carbons (Fsp3) is 0.364. The van der Waals surface area contributed by atoms with E-state index in [4.69, 9.17) is 0 Å². The number of carbonyl (C=O) groups is 1. The molecular weight excluding hydrogens is 336 g/mol. The molecule has 5 heteroatoms. The molecule has 0 bridgehead atoms. The van der Waals surface area contributed by atoms with Gasteiger partial charge in [-0.25, -0.2) is 4.98 Å². The number of aryl methyl sites for hydroxylation is 1. The number of piperidine rings is 1. The number of benzene rings is 1. The van der Waals surface area contributed by atoms with E-state index in [1.54, 1.807) is 0 Å². The van der Waals surface area contributed by atoms with Gasteiger partial charge in [0, 0.05) is 49.1 Å². The van der Waals surface area contributed by atoms with Gasteiger partial charge in [-0.3, -0.25) is 4.79 Å². The summed E-state index contributed by atoms with van der Waals surface area (Å²) < 4.78 is 4.28. The first-order valence-corrected chi connectivity index (χ1v) is 9.63. The Labute approximate surface area is 160 Å². The quantitative estimate of drug-likeness (QED) is 0.708. The SMILES string of the molecule is Cc1cc(C(=O)N2CCC[C@@H](Cn3ccnc3)C2)c(C)n1-c1ccccc1. The summed E-state index contributed by atoms with van der Waals surface area (Å²) >= 11 is 0. The van der Waals surface area contributed by atoms with Crippen LogP contribution in [0.15, 0.2) is 55.1 Å². The van der Waals surface area contributed by atoms with Crippen molar-refractivity contribution >= 4 is 5.91 Å². The van der Waals surface area contributed by atoms with Crippen molar-refractivity contribution in [1.82, 2.24) is 19.0 Å². The summed E-state index contributed by atoms with van der Waals surface area (Å²) in [4.78, 5) is 19.4. The number of aromatic nitrogens is 3. The lowest BCUT2D eigenvalue weighted by Gasteiger charge is -2.33. The minimum absolute atomic E-state index is 0.153. The number of rotatable bonds is 4. The summed E-state index contributed by atoms with van der Waals surface area (Å²) in [6.07, 6.45) is 7.88. The number of nitrogens with zero attached hydrogens (tertiary/aromatic N) is 4. The number of hydrogen-bond donors (Lipinski definition) is 0. The zero-order valence-corrected chi connectivity index (χ0v) is 16.0. The summed E-state index contributed by atoms with van der Waals surface area (Å²) in [6.45, 7) is 6.68. The maximum Gasteiger partial charge on any atom is 0.255 e. The molecule has 1 saturated heterocycles. The van der Waals surface area contributed by atoms with Crippen molar-refractivity contribution in [3.63, 3.8) is 0 Å². The van der Waals surface area contributed by atoms with Crippen molar-refractivity contribution in [3.05, 3.63) is 72.1 Å². The average Bonchev–Trinajstić information content (AvgIpc) is 3.29. The van der Waals surface area contributed by atoms with Gasteiger partial charge in [0.25, 0.3) is 5.91 Å². The van der Waals surface area contributed by atoms with Gasteiger partial charge >= 0.3 is 0 Å². The van der Waals surface area contributed by atoms with Gasteiger partial charge in [0.05, 0.1) is 11.9 Å². The summed E-state index contributed by atoms with van der Waals surface area (Å²) in [5.74, 6) is 0.634. The first-order valence-electron chi connectivity index (χ1n) is 9.63. The van der Waals surface area contributed by atoms with Gasteiger partial charge in [-0.2, -0.15) is 0 Å². The molecule has 1 aromatic carbocycles. The van der Waals surface area contributed by atoms with Crippen molar-refractivity contribution in [1.29, 1.82) is 0 Å². The summed E-state index contributed by atoms with van der Waals surface area (Å²) in [6, 6.07) is 12.3. The van der Waals surface area contributed by atoms with Gasteiger partial charge in [-0.1, -0.05) is 18.2 Å². The Morgan fingerprint density at radius 1 is 1.22 bits per heavy atom. The van der Waals surface area contributed by atoms with Gasteiger partial charge in [0.1, 0.15) is 0 Å². The number of imidazole rings is 1.